The highest BCUT2D eigenvalue weighted by Gasteiger charge is 2.22. The molecule has 0 aliphatic rings. The number of hydrogen-bond donors (Lipinski definition) is 0. The van der Waals surface area contributed by atoms with Crippen molar-refractivity contribution < 1.29 is 0 Å². The summed E-state index contributed by atoms with van der Waals surface area (Å²) in [6, 6.07) is 68.2. The van der Waals surface area contributed by atoms with Crippen molar-refractivity contribution in [3.8, 4) is 33.4 Å². The highest BCUT2D eigenvalue weighted by molar-refractivity contribution is 7.25. The SMILES string of the molecule is c1ccc(-c2ccc(N(c3cc4sc5ccccc5c4cc3-c3ccccc3)c3ccc(-c4ccccc4)c4ccccc34)cc2)cc1. The second kappa shape index (κ2) is 12.0. The lowest BCUT2D eigenvalue weighted by molar-refractivity contribution is 1.30. The van der Waals surface area contributed by atoms with E-state index in [0.29, 0.717) is 0 Å². The van der Waals surface area contributed by atoms with Crippen molar-refractivity contribution in [3.05, 3.63) is 188 Å². The van der Waals surface area contributed by atoms with E-state index in [1.165, 1.54) is 64.3 Å². The van der Waals surface area contributed by atoms with Crippen LogP contribution in [0.2, 0.25) is 0 Å². The molecule has 0 unspecified atom stereocenters. The van der Waals surface area contributed by atoms with Crippen molar-refractivity contribution in [3.63, 3.8) is 0 Å². The largest absolute Gasteiger partial charge is 0.309 e. The van der Waals surface area contributed by atoms with Gasteiger partial charge in [0.2, 0.25) is 0 Å². The summed E-state index contributed by atoms with van der Waals surface area (Å²) < 4.78 is 2.59. The van der Waals surface area contributed by atoms with Crippen molar-refractivity contribution in [1.29, 1.82) is 0 Å². The maximum Gasteiger partial charge on any atom is 0.0554 e. The Hall–Kier alpha value is -5.96. The molecular weight excluding hydrogens is 599 g/mol. The zero-order valence-electron chi connectivity index (χ0n) is 26.3. The molecule has 0 saturated heterocycles. The molecule has 1 heterocycles. The quantitative estimate of drug-likeness (QED) is 0.177. The highest BCUT2D eigenvalue weighted by atomic mass is 32.1. The van der Waals surface area contributed by atoms with Crippen molar-refractivity contribution in [2.24, 2.45) is 0 Å². The fraction of sp³-hybridized carbons (Fsp3) is 0. The molecule has 0 amide bonds. The summed E-state index contributed by atoms with van der Waals surface area (Å²) in [4.78, 5) is 2.47. The van der Waals surface area contributed by atoms with Crippen LogP contribution in [0.25, 0.3) is 64.3 Å². The van der Waals surface area contributed by atoms with Gasteiger partial charge in [0, 0.05) is 36.8 Å². The van der Waals surface area contributed by atoms with Gasteiger partial charge in [-0.3, -0.25) is 0 Å². The Morgan fingerprint density at radius 2 is 0.854 bits per heavy atom. The second-order valence-electron chi connectivity index (χ2n) is 12.1. The van der Waals surface area contributed by atoms with E-state index >= 15 is 0 Å². The van der Waals surface area contributed by atoms with Crippen LogP contribution in [-0.4, -0.2) is 0 Å². The minimum atomic E-state index is 1.12. The van der Waals surface area contributed by atoms with E-state index < -0.39 is 0 Å². The van der Waals surface area contributed by atoms with Gasteiger partial charge in [-0.1, -0.05) is 152 Å². The molecule has 0 radical (unpaired) electrons. The third kappa shape index (κ3) is 4.95. The number of rotatable bonds is 6. The molecule has 8 aromatic carbocycles. The fourth-order valence-corrected chi connectivity index (χ4v) is 8.10. The molecule has 0 bridgehead atoms. The second-order valence-corrected chi connectivity index (χ2v) is 13.2. The molecule has 0 fully saturated rings. The summed E-state index contributed by atoms with van der Waals surface area (Å²) in [6.07, 6.45) is 0. The van der Waals surface area contributed by atoms with E-state index in [1.807, 2.05) is 11.3 Å². The maximum absolute atomic E-state index is 2.47. The molecule has 0 saturated carbocycles. The number of hydrogen-bond acceptors (Lipinski definition) is 2. The van der Waals surface area contributed by atoms with Crippen molar-refractivity contribution >= 4 is 59.3 Å². The minimum Gasteiger partial charge on any atom is -0.309 e. The van der Waals surface area contributed by atoms with E-state index in [1.54, 1.807) is 0 Å². The predicted octanol–water partition coefficient (Wildman–Crippen LogP) is 13.7. The molecule has 0 aliphatic heterocycles. The van der Waals surface area contributed by atoms with Crippen LogP contribution in [-0.2, 0) is 0 Å². The lowest BCUT2D eigenvalue weighted by Crippen LogP contribution is -2.12. The van der Waals surface area contributed by atoms with Gasteiger partial charge in [-0.2, -0.15) is 0 Å². The van der Waals surface area contributed by atoms with Gasteiger partial charge in [-0.25, -0.2) is 0 Å². The molecule has 48 heavy (non-hydrogen) atoms. The lowest BCUT2D eigenvalue weighted by atomic mass is 9.95. The van der Waals surface area contributed by atoms with Gasteiger partial charge in [0.05, 0.1) is 11.4 Å². The molecule has 9 aromatic rings. The third-order valence-electron chi connectivity index (χ3n) is 9.28. The Bertz CT molecular complexity index is 2530. The summed E-state index contributed by atoms with van der Waals surface area (Å²) >= 11 is 1.86. The van der Waals surface area contributed by atoms with Gasteiger partial charge in [0.15, 0.2) is 0 Å². The highest BCUT2D eigenvalue weighted by Crippen LogP contribution is 2.48. The standard InChI is InChI=1S/C46H31NS/c1-4-14-32(15-5-1)33-24-26-36(27-25-33)47(43-29-28-37(34-16-6-2-7-17-34)38-20-10-11-21-39(38)43)44-31-46-42(40-22-12-13-23-45(40)48-46)30-41(44)35-18-8-3-9-19-35/h1-31H. The molecule has 0 spiro atoms. The molecule has 1 aromatic heterocycles. The van der Waals surface area contributed by atoms with Crippen LogP contribution in [0.1, 0.15) is 0 Å². The van der Waals surface area contributed by atoms with E-state index in [2.05, 4.69) is 193 Å². The monoisotopic (exact) mass is 629 g/mol. The zero-order valence-corrected chi connectivity index (χ0v) is 27.1. The number of thiophene rings is 1. The number of benzene rings is 8. The smallest absolute Gasteiger partial charge is 0.0554 e. The lowest BCUT2D eigenvalue weighted by Gasteiger charge is -2.30. The Morgan fingerprint density at radius 3 is 1.54 bits per heavy atom. The first-order valence-electron chi connectivity index (χ1n) is 16.4. The molecule has 2 heteroatoms. The van der Waals surface area contributed by atoms with Gasteiger partial charge in [0.25, 0.3) is 0 Å². The van der Waals surface area contributed by atoms with Crippen molar-refractivity contribution in [2.75, 3.05) is 4.90 Å². The van der Waals surface area contributed by atoms with Gasteiger partial charge >= 0.3 is 0 Å². The number of nitrogens with zero attached hydrogens (tertiary/aromatic N) is 1. The van der Waals surface area contributed by atoms with E-state index in [4.69, 9.17) is 0 Å². The van der Waals surface area contributed by atoms with Crippen molar-refractivity contribution in [2.45, 2.75) is 0 Å². The molecule has 1 nitrogen and oxygen atoms in total. The van der Waals surface area contributed by atoms with Crippen LogP contribution in [0.3, 0.4) is 0 Å². The predicted molar refractivity (Wildman–Crippen MR) is 208 cm³/mol. The molecular formula is C46H31NS. The first kappa shape index (κ1) is 28.3. The van der Waals surface area contributed by atoms with Crippen LogP contribution in [0.5, 0.6) is 0 Å². The first-order valence-corrected chi connectivity index (χ1v) is 17.2. The maximum atomic E-state index is 2.47. The Labute approximate surface area is 284 Å². The number of fused-ring (bicyclic) bond motifs is 4. The van der Waals surface area contributed by atoms with E-state index in [9.17, 15) is 0 Å². The summed E-state index contributed by atoms with van der Waals surface area (Å²) in [5, 5.41) is 5.04. The topological polar surface area (TPSA) is 3.24 Å². The fourth-order valence-electron chi connectivity index (χ4n) is 6.98. The third-order valence-corrected chi connectivity index (χ3v) is 10.4. The minimum absolute atomic E-state index is 1.12. The summed E-state index contributed by atoms with van der Waals surface area (Å²) in [5.74, 6) is 0. The molecule has 0 aliphatic carbocycles. The van der Waals surface area contributed by atoms with Gasteiger partial charge in [-0.15, -0.1) is 11.3 Å². The van der Waals surface area contributed by atoms with Crippen LogP contribution in [0, 0.1) is 0 Å². The first-order chi connectivity index (χ1) is 23.8. The average Bonchev–Trinajstić information content (AvgIpc) is 3.53. The van der Waals surface area contributed by atoms with E-state index in [-0.39, 0.29) is 0 Å². The Balaban J connectivity index is 1.34. The summed E-state index contributed by atoms with van der Waals surface area (Å²) in [7, 11) is 0. The molecule has 0 N–H and O–H groups in total. The van der Waals surface area contributed by atoms with Gasteiger partial charge in [-0.05, 0) is 69.6 Å². The van der Waals surface area contributed by atoms with Crippen LogP contribution in [0.4, 0.5) is 17.1 Å². The Kier molecular flexibility index (Phi) is 7.07. The average molecular weight is 630 g/mol. The normalized spacial score (nSPS) is 11.3. The summed E-state index contributed by atoms with van der Waals surface area (Å²) in [6.45, 7) is 0. The van der Waals surface area contributed by atoms with Gasteiger partial charge < -0.3 is 4.90 Å². The zero-order chi connectivity index (χ0) is 31.9. The molecule has 0 atom stereocenters. The van der Waals surface area contributed by atoms with Crippen LogP contribution in [0.15, 0.2) is 188 Å². The molecule has 9 rings (SSSR count). The Morgan fingerprint density at radius 1 is 0.312 bits per heavy atom. The summed E-state index contributed by atoms with van der Waals surface area (Å²) in [5.41, 5.74) is 10.7. The van der Waals surface area contributed by atoms with Crippen LogP contribution >= 0.6 is 11.3 Å². The molecule has 226 valence electrons. The van der Waals surface area contributed by atoms with Gasteiger partial charge in [0.1, 0.15) is 0 Å². The van der Waals surface area contributed by atoms with Crippen molar-refractivity contribution in [1.82, 2.24) is 0 Å². The number of anilines is 3. The van der Waals surface area contributed by atoms with Crippen LogP contribution < -0.4 is 4.90 Å². The van der Waals surface area contributed by atoms with E-state index in [0.717, 1.165) is 17.1 Å².